The van der Waals surface area contributed by atoms with E-state index in [1.807, 2.05) is 0 Å². The molecular weight excluding hydrogens is 344 g/mol. The predicted molar refractivity (Wildman–Crippen MR) is 92.6 cm³/mol. The summed E-state index contributed by atoms with van der Waals surface area (Å²) in [5.74, 6) is -2.94. The van der Waals surface area contributed by atoms with Crippen LogP contribution in [-0.4, -0.2) is 23.6 Å². The summed E-state index contributed by atoms with van der Waals surface area (Å²) >= 11 is 0. The molecule has 0 bridgehead atoms. The second-order valence-electron chi connectivity index (χ2n) is 5.86. The van der Waals surface area contributed by atoms with Crippen LogP contribution in [0.5, 0.6) is 5.75 Å². The molecule has 2 aromatic carbocycles. The number of rotatable bonds is 7. The Labute approximate surface area is 149 Å². The van der Waals surface area contributed by atoms with Crippen molar-refractivity contribution in [2.45, 2.75) is 26.7 Å². The van der Waals surface area contributed by atoms with Crippen LogP contribution in [0.1, 0.15) is 34.3 Å². The van der Waals surface area contributed by atoms with Gasteiger partial charge in [-0.05, 0) is 49.6 Å². The van der Waals surface area contributed by atoms with Crippen LogP contribution >= 0.6 is 0 Å². The van der Waals surface area contributed by atoms with Crippen molar-refractivity contribution in [2.24, 2.45) is 0 Å². The van der Waals surface area contributed by atoms with Gasteiger partial charge in [0.1, 0.15) is 5.82 Å². The second-order valence-corrected chi connectivity index (χ2v) is 5.86. The lowest BCUT2D eigenvalue weighted by Gasteiger charge is -2.12. The molecule has 26 heavy (non-hydrogen) atoms. The maximum atomic E-state index is 13.4. The Morgan fingerprint density at radius 3 is 2.50 bits per heavy atom. The highest BCUT2D eigenvalue weighted by Crippen LogP contribution is 2.21. The fraction of sp³-hybridized carbons (Fsp3) is 0.263. The molecule has 7 heteroatoms. The molecule has 0 atom stereocenters. The summed E-state index contributed by atoms with van der Waals surface area (Å²) in [4.78, 5) is 23.2. The van der Waals surface area contributed by atoms with Crippen molar-refractivity contribution in [2.75, 3.05) is 11.9 Å². The van der Waals surface area contributed by atoms with Crippen LogP contribution in [-0.2, 0) is 4.79 Å². The minimum Gasteiger partial charge on any atom is -0.491 e. The zero-order valence-electron chi connectivity index (χ0n) is 14.4. The first-order chi connectivity index (χ1) is 12.3. The molecule has 0 saturated carbocycles. The number of aryl methyl sites for hydroxylation is 2. The largest absolute Gasteiger partial charge is 0.491 e. The number of ether oxygens (including phenoxy) is 1. The van der Waals surface area contributed by atoms with E-state index in [1.54, 1.807) is 19.9 Å². The first-order valence-electron chi connectivity index (χ1n) is 8.00. The van der Waals surface area contributed by atoms with E-state index in [2.05, 4.69) is 5.32 Å². The second kappa shape index (κ2) is 8.42. The van der Waals surface area contributed by atoms with E-state index in [1.165, 1.54) is 12.1 Å². The van der Waals surface area contributed by atoms with Crippen LogP contribution in [0.2, 0.25) is 0 Å². The van der Waals surface area contributed by atoms with E-state index < -0.39 is 17.6 Å². The molecule has 0 aliphatic carbocycles. The molecule has 0 aliphatic heterocycles. The number of halogens is 2. The van der Waals surface area contributed by atoms with Crippen LogP contribution in [0.4, 0.5) is 14.5 Å². The Morgan fingerprint density at radius 2 is 1.85 bits per heavy atom. The number of hydrogen-bond acceptors (Lipinski definition) is 3. The van der Waals surface area contributed by atoms with Gasteiger partial charge >= 0.3 is 5.97 Å². The molecule has 2 aromatic rings. The van der Waals surface area contributed by atoms with E-state index in [-0.39, 0.29) is 30.2 Å². The molecule has 1 amide bonds. The molecule has 5 nitrogen and oxygen atoms in total. The summed E-state index contributed by atoms with van der Waals surface area (Å²) in [5, 5.41) is 11.8. The topological polar surface area (TPSA) is 75.6 Å². The molecule has 0 unspecified atom stereocenters. The van der Waals surface area contributed by atoms with Crippen LogP contribution in [0, 0.1) is 25.5 Å². The molecule has 0 aliphatic rings. The number of amides is 1. The predicted octanol–water partition coefficient (Wildman–Crippen LogP) is 4.08. The average Bonchev–Trinajstić information content (AvgIpc) is 2.55. The Balaban J connectivity index is 1.87. The fourth-order valence-corrected chi connectivity index (χ4v) is 2.44. The monoisotopic (exact) mass is 363 g/mol. The number of hydrogen-bond donors (Lipinski definition) is 2. The minimum absolute atomic E-state index is 0.0766. The van der Waals surface area contributed by atoms with E-state index in [9.17, 15) is 18.4 Å². The van der Waals surface area contributed by atoms with E-state index in [0.717, 1.165) is 17.7 Å². The SMILES string of the molecule is Cc1cc(C)c(C(=O)O)cc1NC(=O)CCCOc1ccc(F)cc1F. The lowest BCUT2D eigenvalue weighted by molar-refractivity contribution is -0.116. The van der Waals surface area contributed by atoms with Gasteiger partial charge in [-0.3, -0.25) is 4.79 Å². The quantitative estimate of drug-likeness (QED) is 0.727. The lowest BCUT2D eigenvalue weighted by atomic mass is 10.0. The van der Waals surface area contributed by atoms with E-state index >= 15 is 0 Å². The van der Waals surface area contributed by atoms with Gasteiger partial charge in [-0.1, -0.05) is 6.07 Å². The van der Waals surface area contributed by atoms with Gasteiger partial charge in [0.25, 0.3) is 0 Å². The normalized spacial score (nSPS) is 10.5. The molecule has 0 aromatic heterocycles. The number of nitrogens with one attached hydrogen (secondary N) is 1. The number of carbonyl (C=O) groups is 2. The highest BCUT2D eigenvalue weighted by atomic mass is 19.1. The third-order valence-electron chi connectivity index (χ3n) is 3.78. The van der Waals surface area contributed by atoms with Crippen molar-refractivity contribution >= 4 is 17.6 Å². The maximum Gasteiger partial charge on any atom is 0.336 e. The molecule has 2 N–H and O–H groups in total. The van der Waals surface area contributed by atoms with Crippen molar-refractivity contribution in [3.8, 4) is 5.75 Å². The zero-order chi connectivity index (χ0) is 19.3. The summed E-state index contributed by atoms with van der Waals surface area (Å²) in [6.07, 6.45) is 0.428. The molecule has 0 spiro atoms. The maximum absolute atomic E-state index is 13.4. The lowest BCUT2D eigenvalue weighted by Crippen LogP contribution is -2.14. The zero-order valence-corrected chi connectivity index (χ0v) is 14.4. The smallest absolute Gasteiger partial charge is 0.336 e. The van der Waals surface area contributed by atoms with Crippen molar-refractivity contribution in [3.05, 3.63) is 58.7 Å². The molecular formula is C19H19F2NO4. The third kappa shape index (κ3) is 5.02. The first kappa shape index (κ1) is 19.4. The number of benzene rings is 2. The average molecular weight is 363 g/mol. The van der Waals surface area contributed by atoms with Gasteiger partial charge in [0.15, 0.2) is 11.6 Å². The van der Waals surface area contributed by atoms with Gasteiger partial charge < -0.3 is 15.2 Å². The number of carbonyl (C=O) groups excluding carboxylic acids is 1. The van der Waals surface area contributed by atoms with Crippen LogP contribution in [0.25, 0.3) is 0 Å². The van der Waals surface area contributed by atoms with Gasteiger partial charge in [0.05, 0.1) is 12.2 Å². The standard InChI is InChI=1S/C19H19F2NO4/c1-11-8-12(2)16(10-14(11)19(24)25)22-18(23)4-3-7-26-17-6-5-13(20)9-15(17)21/h5-6,8-10H,3-4,7H2,1-2H3,(H,22,23)(H,24,25). The van der Waals surface area contributed by atoms with E-state index in [0.29, 0.717) is 17.7 Å². The minimum atomic E-state index is -1.06. The van der Waals surface area contributed by atoms with Crippen LogP contribution in [0.15, 0.2) is 30.3 Å². The molecule has 0 radical (unpaired) electrons. The van der Waals surface area contributed by atoms with Crippen LogP contribution in [0.3, 0.4) is 0 Å². The fourth-order valence-electron chi connectivity index (χ4n) is 2.44. The van der Waals surface area contributed by atoms with Gasteiger partial charge in [0, 0.05) is 18.2 Å². The Kier molecular flexibility index (Phi) is 6.27. The highest BCUT2D eigenvalue weighted by Gasteiger charge is 2.12. The Morgan fingerprint density at radius 1 is 1.12 bits per heavy atom. The van der Waals surface area contributed by atoms with Crippen molar-refractivity contribution in [1.82, 2.24) is 0 Å². The molecule has 0 fully saturated rings. The van der Waals surface area contributed by atoms with Gasteiger partial charge in [0.2, 0.25) is 5.91 Å². The Bertz CT molecular complexity index is 837. The Hall–Kier alpha value is -2.96. The van der Waals surface area contributed by atoms with Crippen molar-refractivity contribution in [1.29, 1.82) is 0 Å². The molecule has 0 heterocycles. The number of anilines is 1. The summed E-state index contributed by atoms with van der Waals surface area (Å²) in [6, 6.07) is 6.12. The molecule has 138 valence electrons. The molecule has 2 rings (SSSR count). The summed E-state index contributed by atoms with van der Waals surface area (Å²) < 4.78 is 31.4. The number of aromatic carboxylic acids is 1. The van der Waals surface area contributed by atoms with Crippen molar-refractivity contribution in [3.63, 3.8) is 0 Å². The third-order valence-corrected chi connectivity index (χ3v) is 3.78. The summed E-state index contributed by atoms with van der Waals surface area (Å²) in [6.45, 7) is 3.55. The highest BCUT2D eigenvalue weighted by molar-refractivity contribution is 5.95. The van der Waals surface area contributed by atoms with Crippen LogP contribution < -0.4 is 10.1 Å². The number of carboxylic acid groups (broad SMARTS) is 1. The van der Waals surface area contributed by atoms with Gasteiger partial charge in [-0.25, -0.2) is 13.6 Å². The van der Waals surface area contributed by atoms with Gasteiger partial charge in [-0.2, -0.15) is 0 Å². The molecule has 0 saturated heterocycles. The van der Waals surface area contributed by atoms with Gasteiger partial charge in [-0.15, -0.1) is 0 Å². The summed E-state index contributed by atoms with van der Waals surface area (Å²) in [7, 11) is 0. The number of carboxylic acids is 1. The first-order valence-corrected chi connectivity index (χ1v) is 8.00. The van der Waals surface area contributed by atoms with E-state index in [4.69, 9.17) is 9.84 Å². The van der Waals surface area contributed by atoms with Crippen molar-refractivity contribution < 1.29 is 28.2 Å². The summed E-state index contributed by atoms with van der Waals surface area (Å²) in [5.41, 5.74) is 1.93.